The highest BCUT2D eigenvalue weighted by atomic mass is 32.1. The molecule has 1 aliphatic heterocycles. The summed E-state index contributed by atoms with van der Waals surface area (Å²) in [5.41, 5.74) is 7.06. The maximum absolute atomic E-state index is 5.77. The molecule has 1 unspecified atom stereocenters. The van der Waals surface area contributed by atoms with Crippen LogP contribution < -0.4 is 11.1 Å². The third-order valence-electron chi connectivity index (χ3n) is 3.54. The molecule has 0 saturated carbocycles. The standard InChI is InChI=1S/C11H18N4S/c12-11-14-10-8(1-2-9(10)16-11)7-15-5-3-13-4-6-15/h8,13H,1-7H2,(H2,12,14). The predicted octanol–water partition coefficient (Wildman–Crippen LogP) is 0.660. The molecular weight excluding hydrogens is 220 g/mol. The van der Waals surface area contributed by atoms with Crippen molar-refractivity contribution in [1.82, 2.24) is 15.2 Å². The quantitative estimate of drug-likeness (QED) is 0.795. The summed E-state index contributed by atoms with van der Waals surface area (Å²) in [6.45, 7) is 5.76. The van der Waals surface area contributed by atoms with Crippen LogP contribution in [-0.4, -0.2) is 42.6 Å². The van der Waals surface area contributed by atoms with Gasteiger partial charge in [0, 0.05) is 43.5 Å². The third kappa shape index (κ3) is 1.95. The molecule has 0 radical (unpaired) electrons. The van der Waals surface area contributed by atoms with E-state index in [2.05, 4.69) is 15.2 Å². The molecule has 1 saturated heterocycles. The second-order valence-corrected chi connectivity index (χ2v) is 5.76. The van der Waals surface area contributed by atoms with E-state index in [1.165, 1.54) is 36.5 Å². The minimum Gasteiger partial charge on any atom is -0.375 e. The molecule has 1 fully saturated rings. The Labute approximate surface area is 99.8 Å². The van der Waals surface area contributed by atoms with Gasteiger partial charge in [0.05, 0.1) is 5.69 Å². The Hall–Kier alpha value is -0.650. The second-order valence-electron chi connectivity index (χ2n) is 4.65. The summed E-state index contributed by atoms with van der Waals surface area (Å²) in [6, 6.07) is 0. The number of aromatic nitrogens is 1. The van der Waals surface area contributed by atoms with Crippen molar-refractivity contribution in [2.75, 3.05) is 38.5 Å². The number of anilines is 1. The Kier molecular flexibility index (Phi) is 2.83. The maximum Gasteiger partial charge on any atom is 0.180 e. The fourth-order valence-corrected chi connectivity index (χ4v) is 3.64. The van der Waals surface area contributed by atoms with Gasteiger partial charge < -0.3 is 16.0 Å². The Morgan fingerprint density at radius 3 is 3.06 bits per heavy atom. The summed E-state index contributed by atoms with van der Waals surface area (Å²) in [6.07, 6.45) is 2.44. The zero-order chi connectivity index (χ0) is 11.0. The number of hydrogen-bond acceptors (Lipinski definition) is 5. The van der Waals surface area contributed by atoms with Crippen LogP contribution in [0.1, 0.15) is 22.9 Å². The molecule has 3 rings (SSSR count). The maximum atomic E-state index is 5.77. The molecule has 0 spiro atoms. The van der Waals surface area contributed by atoms with Gasteiger partial charge in [0.15, 0.2) is 5.13 Å². The van der Waals surface area contributed by atoms with Crippen LogP contribution in [0.25, 0.3) is 0 Å². The molecule has 5 heteroatoms. The molecule has 0 bridgehead atoms. The second kappa shape index (κ2) is 4.31. The summed E-state index contributed by atoms with van der Waals surface area (Å²) >= 11 is 1.68. The predicted molar refractivity (Wildman–Crippen MR) is 66.9 cm³/mol. The van der Waals surface area contributed by atoms with Crippen molar-refractivity contribution in [3.8, 4) is 0 Å². The molecule has 0 amide bonds. The van der Waals surface area contributed by atoms with Gasteiger partial charge in [-0.25, -0.2) is 4.98 Å². The van der Waals surface area contributed by atoms with Crippen LogP contribution in [0.2, 0.25) is 0 Å². The van der Waals surface area contributed by atoms with Crippen LogP contribution in [0.15, 0.2) is 0 Å². The minimum absolute atomic E-state index is 0.627. The van der Waals surface area contributed by atoms with E-state index in [-0.39, 0.29) is 0 Å². The first-order valence-corrected chi connectivity index (χ1v) is 6.83. The largest absolute Gasteiger partial charge is 0.375 e. The number of rotatable bonds is 2. The molecule has 0 aromatic carbocycles. The van der Waals surface area contributed by atoms with Gasteiger partial charge in [-0.3, -0.25) is 0 Å². The molecule has 1 aromatic heterocycles. The lowest BCUT2D eigenvalue weighted by molar-refractivity contribution is 0.225. The molecule has 16 heavy (non-hydrogen) atoms. The van der Waals surface area contributed by atoms with E-state index in [4.69, 9.17) is 5.73 Å². The van der Waals surface area contributed by atoms with Gasteiger partial charge in [0.2, 0.25) is 0 Å². The van der Waals surface area contributed by atoms with Gasteiger partial charge in [-0.2, -0.15) is 0 Å². The van der Waals surface area contributed by atoms with E-state index < -0.39 is 0 Å². The molecule has 1 aliphatic carbocycles. The van der Waals surface area contributed by atoms with Gasteiger partial charge in [-0.05, 0) is 12.8 Å². The van der Waals surface area contributed by atoms with Gasteiger partial charge >= 0.3 is 0 Å². The SMILES string of the molecule is Nc1nc2c(s1)CCC2CN1CCNCC1. The van der Waals surface area contributed by atoms with Crippen LogP contribution in [0, 0.1) is 0 Å². The molecular formula is C11H18N4S. The number of piperazine rings is 1. The summed E-state index contributed by atoms with van der Waals surface area (Å²) in [5.74, 6) is 0.627. The first kappa shape index (κ1) is 10.5. The lowest BCUT2D eigenvalue weighted by Gasteiger charge is -2.29. The lowest BCUT2D eigenvalue weighted by atomic mass is 10.1. The topological polar surface area (TPSA) is 54.2 Å². The highest BCUT2D eigenvalue weighted by Crippen LogP contribution is 2.37. The molecule has 2 aliphatic rings. The molecule has 4 nitrogen and oxygen atoms in total. The number of hydrogen-bond donors (Lipinski definition) is 2. The number of thiazole rings is 1. The number of nitrogens with one attached hydrogen (secondary N) is 1. The zero-order valence-corrected chi connectivity index (χ0v) is 10.2. The Balaban J connectivity index is 1.67. The van der Waals surface area contributed by atoms with Crippen molar-refractivity contribution >= 4 is 16.5 Å². The Morgan fingerprint density at radius 2 is 2.25 bits per heavy atom. The van der Waals surface area contributed by atoms with Crippen LogP contribution in [-0.2, 0) is 6.42 Å². The average molecular weight is 238 g/mol. The molecule has 3 N–H and O–H groups in total. The Morgan fingerprint density at radius 1 is 1.44 bits per heavy atom. The van der Waals surface area contributed by atoms with Crippen LogP contribution in [0.5, 0.6) is 0 Å². The van der Waals surface area contributed by atoms with Gasteiger partial charge in [-0.15, -0.1) is 11.3 Å². The molecule has 88 valence electrons. The average Bonchev–Trinajstić information content (AvgIpc) is 2.81. The van der Waals surface area contributed by atoms with E-state index in [0.717, 1.165) is 24.8 Å². The molecule has 1 aromatic rings. The highest BCUT2D eigenvalue weighted by molar-refractivity contribution is 7.15. The minimum atomic E-state index is 0.627. The molecule has 2 heterocycles. The Bertz CT molecular complexity index is 370. The normalized spacial score (nSPS) is 25.9. The first-order valence-electron chi connectivity index (χ1n) is 6.01. The smallest absolute Gasteiger partial charge is 0.180 e. The summed E-state index contributed by atoms with van der Waals surface area (Å²) in [4.78, 5) is 8.47. The van der Waals surface area contributed by atoms with Gasteiger partial charge in [0.25, 0.3) is 0 Å². The van der Waals surface area contributed by atoms with E-state index in [1.54, 1.807) is 11.3 Å². The number of nitrogens with two attached hydrogens (primary N) is 1. The fraction of sp³-hybridized carbons (Fsp3) is 0.727. The van der Waals surface area contributed by atoms with E-state index >= 15 is 0 Å². The third-order valence-corrected chi connectivity index (χ3v) is 4.50. The number of nitrogens with zero attached hydrogens (tertiary/aromatic N) is 2. The van der Waals surface area contributed by atoms with Gasteiger partial charge in [0.1, 0.15) is 0 Å². The summed E-state index contributed by atoms with van der Waals surface area (Å²) in [5, 5.41) is 4.13. The summed E-state index contributed by atoms with van der Waals surface area (Å²) < 4.78 is 0. The lowest BCUT2D eigenvalue weighted by Crippen LogP contribution is -2.44. The summed E-state index contributed by atoms with van der Waals surface area (Å²) in [7, 11) is 0. The van der Waals surface area contributed by atoms with E-state index in [1.807, 2.05) is 0 Å². The van der Waals surface area contributed by atoms with Crippen molar-refractivity contribution in [1.29, 1.82) is 0 Å². The molecule has 1 atom stereocenters. The number of fused-ring (bicyclic) bond motifs is 1. The van der Waals surface area contributed by atoms with E-state index in [0.29, 0.717) is 5.92 Å². The van der Waals surface area contributed by atoms with Crippen molar-refractivity contribution in [2.24, 2.45) is 0 Å². The van der Waals surface area contributed by atoms with Crippen molar-refractivity contribution in [2.45, 2.75) is 18.8 Å². The van der Waals surface area contributed by atoms with Crippen LogP contribution in [0.3, 0.4) is 0 Å². The van der Waals surface area contributed by atoms with Crippen molar-refractivity contribution in [3.63, 3.8) is 0 Å². The number of aryl methyl sites for hydroxylation is 1. The number of nitrogen functional groups attached to an aromatic ring is 1. The van der Waals surface area contributed by atoms with Crippen molar-refractivity contribution < 1.29 is 0 Å². The van der Waals surface area contributed by atoms with Crippen LogP contribution in [0.4, 0.5) is 5.13 Å². The highest BCUT2D eigenvalue weighted by Gasteiger charge is 2.28. The fourth-order valence-electron chi connectivity index (χ4n) is 2.71. The van der Waals surface area contributed by atoms with E-state index in [9.17, 15) is 0 Å². The monoisotopic (exact) mass is 238 g/mol. The van der Waals surface area contributed by atoms with Crippen LogP contribution >= 0.6 is 11.3 Å². The zero-order valence-electron chi connectivity index (χ0n) is 9.41. The first-order chi connectivity index (χ1) is 7.83. The van der Waals surface area contributed by atoms with Crippen molar-refractivity contribution in [3.05, 3.63) is 10.6 Å². The van der Waals surface area contributed by atoms with Gasteiger partial charge in [-0.1, -0.05) is 0 Å².